The molecule has 0 unspecified atom stereocenters. The van der Waals surface area contributed by atoms with Gasteiger partial charge in [0.15, 0.2) is 6.61 Å². The van der Waals surface area contributed by atoms with Crippen LogP contribution in [0.2, 0.25) is 0 Å². The molecular formula is C11H13F3N2O2. The number of carbonyl (C=O) groups excluding carboxylic acids is 1. The van der Waals surface area contributed by atoms with E-state index in [0.29, 0.717) is 18.5 Å². The van der Waals surface area contributed by atoms with Crippen molar-refractivity contribution in [2.45, 2.75) is 25.9 Å². The summed E-state index contributed by atoms with van der Waals surface area (Å²) < 4.78 is 40.0. The van der Waals surface area contributed by atoms with Gasteiger partial charge in [0.25, 0.3) is 0 Å². The molecule has 0 atom stereocenters. The highest BCUT2D eigenvalue weighted by atomic mass is 19.4. The zero-order valence-corrected chi connectivity index (χ0v) is 9.75. The van der Waals surface area contributed by atoms with Gasteiger partial charge in [-0.05, 0) is 12.5 Å². The smallest absolute Gasteiger partial charge is 0.422 e. The topological polar surface area (TPSA) is 51.2 Å². The lowest BCUT2D eigenvalue weighted by molar-refractivity contribution is -0.154. The normalized spacial score (nSPS) is 11.1. The van der Waals surface area contributed by atoms with Crippen LogP contribution in [0.25, 0.3) is 0 Å². The van der Waals surface area contributed by atoms with Gasteiger partial charge in [-0.3, -0.25) is 4.79 Å². The van der Waals surface area contributed by atoms with Crippen LogP contribution >= 0.6 is 0 Å². The molecule has 0 saturated heterocycles. The Bertz CT molecular complexity index is 390. The summed E-state index contributed by atoms with van der Waals surface area (Å²) in [5, 5.41) is 2.56. The molecule has 0 bridgehead atoms. The summed E-state index contributed by atoms with van der Waals surface area (Å²) in [4.78, 5) is 14.9. The second-order valence-corrected chi connectivity index (χ2v) is 3.59. The number of aromatic nitrogens is 1. The lowest BCUT2D eigenvalue weighted by atomic mass is 10.3. The minimum atomic E-state index is -4.39. The number of hydrogen-bond acceptors (Lipinski definition) is 3. The molecule has 4 nitrogen and oxygen atoms in total. The molecule has 0 aliphatic carbocycles. The highest BCUT2D eigenvalue weighted by Gasteiger charge is 2.28. The number of carbonyl (C=O) groups is 1. The Kier molecular flexibility index (Phi) is 4.94. The molecule has 0 saturated carbocycles. The zero-order valence-electron chi connectivity index (χ0n) is 9.75. The minimum absolute atomic E-state index is 0.138. The number of rotatable bonds is 5. The van der Waals surface area contributed by atoms with Crippen molar-refractivity contribution in [1.29, 1.82) is 0 Å². The Hall–Kier alpha value is -1.79. The van der Waals surface area contributed by atoms with E-state index < -0.39 is 12.8 Å². The van der Waals surface area contributed by atoms with Gasteiger partial charge in [-0.25, -0.2) is 4.98 Å². The van der Waals surface area contributed by atoms with Gasteiger partial charge in [0.1, 0.15) is 0 Å². The summed E-state index contributed by atoms with van der Waals surface area (Å²) in [6, 6.07) is 2.71. The summed E-state index contributed by atoms with van der Waals surface area (Å²) >= 11 is 0. The second-order valence-electron chi connectivity index (χ2n) is 3.59. The van der Waals surface area contributed by atoms with Gasteiger partial charge in [0.05, 0.1) is 11.9 Å². The minimum Gasteiger partial charge on any atom is -0.468 e. The summed E-state index contributed by atoms with van der Waals surface area (Å²) in [6.45, 7) is 0.480. The quantitative estimate of drug-likeness (QED) is 0.887. The number of amides is 1. The summed E-state index contributed by atoms with van der Waals surface area (Å²) in [5.41, 5.74) is 0.424. The van der Waals surface area contributed by atoms with Gasteiger partial charge in [-0.15, -0.1) is 0 Å². The van der Waals surface area contributed by atoms with Crippen molar-refractivity contribution < 1.29 is 22.7 Å². The maximum absolute atomic E-state index is 11.9. The van der Waals surface area contributed by atoms with Crippen LogP contribution in [0.1, 0.15) is 19.8 Å². The molecule has 0 aliphatic rings. The van der Waals surface area contributed by atoms with Crippen molar-refractivity contribution in [1.82, 2.24) is 4.98 Å². The Morgan fingerprint density at radius 3 is 2.67 bits per heavy atom. The van der Waals surface area contributed by atoms with Crippen LogP contribution < -0.4 is 10.1 Å². The molecular weight excluding hydrogens is 249 g/mol. The maximum Gasteiger partial charge on any atom is 0.422 e. The first-order valence-corrected chi connectivity index (χ1v) is 5.36. The van der Waals surface area contributed by atoms with Gasteiger partial charge in [-0.2, -0.15) is 13.2 Å². The highest BCUT2D eigenvalue weighted by molar-refractivity contribution is 5.90. The fourth-order valence-corrected chi connectivity index (χ4v) is 1.15. The maximum atomic E-state index is 11.9. The number of halogens is 3. The molecule has 1 N–H and O–H groups in total. The number of nitrogens with zero attached hydrogens (tertiary/aromatic N) is 1. The first-order valence-electron chi connectivity index (χ1n) is 5.36. The lowest BCUT2D eigenvalue weighted by Gasteiger charge is -2.09. The van der Waals surface area contributed by atoms with E-state index >= 15 is 0 Å². The third-order valence-corrected chi connectivity index (χ3v) is 1.88. The van der Waals surface area contributed by atoms with Crippen molar-refractivity contribution in [2.75, 3.05) is 11.9 Å². The van der Waals surface area contributed by atoms with Crippen LogP contribution in [0, 0.1) is 0 Å². The number of anilines is 1. The summed E-state index contributed by atoms with van der Waals surface area (Å²) in [6.07, 6.45) is -2.05. The Balaban J connectivity index is 2.50. The van der Waals surface area contributed by atoms with Crippen LogP contribution in [-0.2, 0) is 4.79 Å². The van der Waals surface area contributed by atoms with Gasteiger partial charge < -0.3 is 10.1 Å². The Morgan fingerprint density at radius 1 is 1.44 bits per heavy atom. The van der Waals surface area contributed by atoms with E-state index in [4.69, 9.17) is 0 Å². The monoisotopic (exact) mass is 262 g/mol. The van der Waals surface area contributed by atoms with E-state index in [1.54, 1.807) is 0 Å². The van der Waals surface area contributed by atoms with E-state index in [0.717, 1.165) is 0 Å². The van der Waals surface area contributed by atoms with E-state index in [-0.39, 0.29) is 11.8 Å². The van der Waals surface area contributed by atoms with Crippen LogP contribution in [0.3, 0.4) is 0 Å². The number of alkyl halides is 3. The van der Waals surface area contributed by atoms with Crippen LogP contribution in [-0.4, -0.2) is 23.7 Å². The van der Waals surface area contributed by atoms with Gasteiger partial charge in [0, 0.05) is 12.5 Å². The van der Waals surface area contributed by atoms with Gasteiger partial charge in [-0.1, -0.05) is 6.92 Å². The number of hydrogen-bond donors (Lipinski definition) is 1. The van der Waals surface area contributed by atoms with Crippen LogP contribution in [0.5, 0.6) is 5.88 Å². The standard InChI is InChI=1S/C11H13F3N2O2/c1-2-3-9(17)16-8-4-5-10(15-6-8)18-7-11(12,13)14/h4-6H,2-3,7H2,1H3,(H,16,17). The molecule has 0 fully saturated rings. The fraction of sp³-hybridized carbons (Fsp3) is 0.455. The van der Waals surface area contributed by atoms with E-state index in [1.807, 2.05) is 6.92 Å². The van der Waals surface area contributed by atoms with E-state index in [2.05, 4.69) is 15.0 Å². The predicted octanol–water partition coefficient (Wildman–Crippen LogP) is 2.76. The molecule has 1 amide bonds. The van der Waals surface area contributed by atoms with Gasteiger partial charge >= 0.3 is 6.18 Å². The molecule has 0 radical (unpaired) electrons. The Labute approximate surface area is 102 Å². The lowest BCUT2D eigenvalue weighted by Crippen LogP contribution is -2.19. The van der Waals surface area contributed by atoms with E-state index in [1.165, 1.54) is 18.3 Å². The third kappa shape index (κ3) is 5.51. The first-order chi connectivity index (χ1) is 8.40. The number of pyridine rings is 1. The van der Waals surface area contributed by atoms with Crippen molar-refractivity contribution in [3.63, 3.8) is 0 Å². The molecule has 0 aromatic carbocycles. The molecule has 18 heavy (non-hydrogen) atoms. The molecule has 0 spiro atoms. The van der Waals surface area contributed by atoms with Gasteiger partial charge in [0.2, 0.25) is 11.8 Å². The first kappa shape index (κ1) is 14.3. The fourth-order valence-electron chi connectivity index (χ4n) is 1.15. The highest BCUT2D eigenvalue weighted by Crippen LogP contribution is 2.18. The predicted molar refractivity (Wildman–Crippen MR) is 59.3 cm³/mol. The number of ether oxygens (including phenoxy) is 1. The van der Waals surface area contributed by atoms with Crippen LogP contribution in [0.15, 0.2) is 18.3 Å². The van der Waals surface area contributed by atoms with Crippen molar-refractivity contribution >= 4 is 11.6 Å². The van der Waals surface area contributed by atoms with Crippen molar-refractivity contribution in [2.24, 2.45) is 0 Å². The average Bonchev–Trinajstić information content (AvgIpc) is 2.27. The number of nitrogens with one attached hydrogen (secondary N) is 1. The molecule has 0 aliphatic heterocycles. The average molecular weight is 262 g/mol. The second kappa shape index (κ2) is 6.23. The summed E-state index contributed by atoms with van der Waals surface area (Å²) in [7, 11) is 0. The SMILES string of the molecule is CCCC(=O)Nc1ccc(OCC(F)(F)F)nc1. The molecule has 100 valence electrons. The largest absolute Gasteiger partial charge is 0.468 e. The van der Waals surface area contributed by atoms with Crippen molar-refractivity contribution in [3.8, 4) is 5.88 Å². The third-order valence-electron chi connectivity index (χ3n) is 1.88. The summed E-state index contributed by atoms with van der Waals surface area (Å²) in [5.74, 6) is -0.302. The van der Waals surface area contributed by atoms with E-state index in [9.17, 15) is 18.0 Å². The Morgan fingerprint density at radius 2 is 2.17 bits per heavy atom. The molecule has 1 heterocycles. The van der Waals surface area contributed by atoms with Crippen LogP contribution in [0.4, 0.5) is 18.9 Å². The zero-order chi connectivity index (χ0) is 13.6. The molecule has 1 aromatic heterocycles. The molecule has 1 aromatic rings. The van der Waals surface area contributed by atoms with Crippen molar-refractivity contribution in [3.05, 3.63) is 18.3 Å². The molecule has 7 heteroatoms. The molecule has 1 rings (SSSR count).